The molecule has 8 heteroatoms. The van der Waals surface area contributed by atoms with Crippen molar-refractivity contribution < 1.29 is 19.8 Å². The first-order valence-corrected chi connectivity index (χ1v) is 6.99. The number of rotatable bonds is 7. The van der Waals surface area contributed by atoms with Crippen LogP contribution in [-0.4, -0.2) is 44.1 Å². The van der Waals surface area contributed by atoms with E-state index in [9.17, 15) is 19.8 Å². The van der Waals surface area contributed by atoms with Gasteiger partial charge >= 0.3 is 5.97 Å². The van der Waals surface area contributed by atoms with Crippen molar-refractivity contribution >= 4 is 11.9 Å². The maximum absolute atomic E-state index is 12.1. The second-order valence-corrected chi connectivity index (χ2v) is 5.16. The molecule has 1 aromatic carbocycles. The molecule has 0 radical (unpaired) electrons. The van der Waals surface area contributed by atoms with Crippen LogP contribution in [0.15, 0.2) is 36.8 Å². The molecule has 0 aliphatic carbocycles. The Balaban J connectivity index is 1.94. The van der Waals surface area contributed by atoms with Crippen LogP contribution >= 0.6 is 0 Å². The highest BCUT2D eigenvalue weighted by molar-refractivity contribution is 5.87. The Hall–Kier alpha value is -2.87. The smallest absolute Gasteiger partial charge is 0.326 e. The predicted molar refractivity (Wildman–Crippen MR) is 81.6 cm³/mol. The van der Waals surface area contributed by atoms with E-state index in [0.29, 0.717) is 5.69 Å². The monoisotopic (exact) mass is 318 g/mol. The topological polar surface area (TPSA) is 141 Å². The lowest BCUT2D eigenvalue weighted by atomic mass is 10.0. The van der Waals surface area contributed by atoms with Crippen molar-refractivity contribution in [1.82, 2.24) is 15.3 Å². The summed E-state index contributed by atoms with van der Waals surface area (Å²) < 4.78 is 0. The van der Waals surface area contributed by atoms with Gasteiger partial charge in [0.1, 0.15) is 11.8 Å². The van der Waals surface area contributed by atoms with Crippen LogP contribution in [0.2, 0.25) is 0 Å². The molecule has 1 heterocycles. The van der Waals surface area contributed by atoms with Crippen molar-refractivity contribution in [2.75, 3.05) is 0 Å². The molecule has 23 heavy (non-hydrogen) atoms. The molecule has 0 saturated heterocycles. The normalized spacial score (nSPS) is 13.3. The maximum Gasteiger partial charge on any atom is 0.326 e. The molecule has 0 bridgehead atoms. The number of phenols is 1. The number of aromatic amines is 1. The minimum atomic E-state index is -1.15. The highest BCUT2D eigenvalue weighted by Crippen LogP contribution is 2.11. The van der Waals surface area contributed by atoms with Gasteiger partial charge in [0.05, 0.1) is 12.4 Å². The average Bonchev–Trinajstić information content (AvgIpc) is 3.01. The fraction of sp³-hybridized carbons (Fsp3) is 0.267. The lowest BCUT2D eigenvalue weighted by Crippen LogP contribution is -2.50. The molecule has 2 atom stereocenters. The van der Waals surface area contributed by atoms with Crippen LogP contribution in [-0.2, 0) is 22.4 Å². The van der Waals surface area contributed by atoms with E-state index in [1.165, 1.54) is 24.7 Å². The van der Waals surface area contributed by atoms with Crippen molar-refractivity contribution in [2.24, 2.45) is 5.73 Å². The van der Waals surface area contributed by atoms with E-state index in [1.54, 1.807) is 12.1 Å². The van der Waals surface area contributed by atoms with Gasteiger partial charge in [0.2, 0.25) is 5.91 Å². The number of H-pyrrole nitrogens is 1. The van der Waals surface area contributed by atoms with Crippen LogP contribution in [0, 0.1) is 0 Å². The minimum absolute atomic E-state index is 0.0903. The number of aliphatic carboxylic acids is 1. The third-order valence-electron chi connectivity index (χ3n) is 3.32. The molecular weight excluding hydrogens is 300 g/mol. The number of nitrogens with two attached hydrogens (primary N) is 1. The Kier molecular flexibility index (Phi) is 5.32. The Bertz CT molecular complexity index is 655. The molecule has 1 aromatic heterocycles. The molecule has 0 aliphatic heterocycles. The van der Waals surface area contributed by atoms with Crippen LogP contribution < -0.4 is 11.1 Å². The zero-order chi connectivity index (χ0) is 16.8. The number of amides is 1. The van der Waals surface area contributed by atoms with Crippen LogP contribution in [0.4, 0.5) is 0 Å². The van der Waals surface area contributed by atoms with Crippen LogP contribution in [0.3, 0.4) is 0 Å². The highest BCUT2D eigenvalue weighted by atomic mass is 16.4. The number of nitrogens with zero attached hydrogens (tertiary/aromatic N) is 1. The number of carbonyl (C=O) groups excluding carboxylic acids is 1. The first-order chi connectivity index (χ1) is 11.0. The second-order valence-electron chi connectivity index (χ2n) is 5.16. The number of hydrogen-bond acceptors (Lipinski definition) is 5. The van der Waals surface area contributed by atoms with Gasteiger partial charge < -0.3 is 26.2 Å². The zero-order valence-electron chi connectivity index (χ0n) is 12.3. The van der Waals surface area contributed by atoms with Crippen LogP contribution in [0.5, 0.6) is 5.75 Å². The van der Waals surface area contributed by atoms with Crippen molar-refractivity contribution in [3.63, 3.8) is 0 Å². The third kappa shape index (κ3) is 4.82. The molecule has 0 fully saturated rings. The number of aromatic nitrogens is 2. The van der Waals surface area contributed by atoms with Gasteiger partial charge in [-0.05, 0) is 24.1 Å². The standard InChI is InChI=1S/C15H18N4O4/c16-12(5-9-1-3-11(20)4-2-9)14(21)19-13(15(22)23)6-10-7-17-8-18-10/h1-4,7-8,12-13,20H,5-6,16H2,(H,17,18)(H,19,21)(H,22,23)/t12?,13-/m1/s1. The van der Waals surface area contributed by atoms with Crippen molar-refractivity contribution in [3.8, 4) is 5.75 Å². The summed E-state index contributed by atoms with van der Waals surface area (Å²) in [5.74, 6) is -1.58. The Morgan fingerprint density at radius 1 is 1.26 bits per heavy atom. The fourth-order valence-electron chi connectivity index (χ4n) is 2.07. The third-order valence-corrected chi connectivity index (χ3v) is 3.32. The number of nitrogens with one attached hydrogen (secondary N) is 2. The summed E-state index contributed by atoms with van der Waals surface area (Å²) in [5.41, 5.74) is 7.19. The van der Waals surface area contributed by atoms with E-state index >= 15 is 0 Å². The van der Waals surface area contributed by atoms with E-state index in [2.05, 4.69) is 15.3 Å². The van der Waals surface area contributed by atoms with Gasteiger partial charge in [0, 0.05) is 18.3 Å². The summed E-state index contributed by atoms with van der Waals surface area (Å²) in [7, 11) is 0. The van der Waals surface area contributed by atoms with Crippen LogP contribution in [0.1, 0.15) is 11.3 Å². The largest absolute Gasteiger partial charge is 0.508 e. The van der Waals surface area contributed by atoms with E-state index in [1.807, 2.05) is 0 Å². The molecular formula is C15H18N4O4. The quantitative estimate of drug-likeness (QED) is 0.478. The molecule has 0 spiro atoms. The molecule has 8 nitrogen and oxygen atoms in total. The number of carboxylic acids is 1. The SMILES string of the molecule is NC(Cc1ccc(O)cc1)C(=O)N[C@H](Cc1cnc[nH]1)C(=O)O. The van der Waals surface area contributed by atoms with E-state index in [0.717, 1.165) is 5.56 Å². The lowest BCUT2D eigenvalue weighted by molar-refractivity contribution is -0.142. The van der Waals surface area contributed by atoms with Gasteiger partial charge in [-0.25, -0.2) is 9.78 Å². The Labute approximate surface area is 132 Å². The molecule has 6 N–H and O–H groups in total. The van der Waals surface area contributed by atoms with Gasteiger partial charge in [0.25, 0.3) is 0 Å². The Morgan fingerprint density at radius 3 is 2.52 bits per heavy atom. The van der Waals surface area contributed by atoms with Gasteiger partial charge in [0.15, 0.2) is 0 Å². The van der Waals surface area contributed by atoms with Crippen molar-refractivity contribution in [3.05, 3.63) is 48.0 Å². The number of hydrogen-bond donors (Lipinski definition) is 5. The van der Waals surface area contributed by atoms with Gasteiger partial charge in [-0.2, -0.15) is 0 Å². The molecule has 0 aliphatic rings. The van der Waals surface area contributed by atoms with E-state index in [-0.39, 0.29) is 18.6 Å². The summed E-state index contributed by atoms with van der Waals surface area (Å²) in [6.07, 6.45) is 3.26. The van der Waals surface area contributed by atoms with Crippen LogP contribution in [0.25, 0.3) is 0 Å². The average molecular weight is 318 g/mol. The van der Waals surface area contributed by atoms with Gasteiger partial charge in [-0.3, -0.25) is 4.79 Å². The first kappa shape index (κ1) is 16.5. The van der Waals surface area contributed by atoms with Gasteiger partial charge in [-0.1, -0.05) is 12.1 Å². The minimum Gasteiger partial charge on any atom is -0.508 e. The summed E-state index contributed by atoms with van der Waals surface area (Å²) >= 11 is 0. The summed E-state index contributed by atoms with van der Waals surface area (Å²) in [4.78, 5) is 29.9. The zero-order valence-corrected chi connectivity index (χ0v) is 12.3. The lowest BCUT2D eigenvalue weighted by Gasteiger charge is -2.17. The number of imidazole rings is 1. The van der Waals surface area contributed by atoms with E-state index in [4.69, 9.17) is 5.73 Å². The molecule has 122 valence electrons. The highest BCUT2D eigenvalue weighted by Gasteiger charge is 2.24. The Morgan fingerprint density at radius 2 is 1.96 bits per heavy atom. The summed E-state index contributed by atoms with van der Waals surface area (Å²) in [6, 6.07) is 4.33. The summed E-state index contributed by atoms with van der Waals surface area (Å²) in [6.45, 7) is 0. The van der Waals surface area contributed by atoms with Gasteiger partial charge in [-0.15, -0.1) is 0 Å². The summed E-state index contributed by atoms with van der Waals surface area (Å²) in [5, 5.41) is 20.8. The van der Waals surface area contributed by atoms with E-state index < -0.39 is 24.0 Å². The molecule has 1 unspecified atom stereocenters. The molecule has 1 amide bonds. The van der Waals surface area contributed by atoms with Crippen molar-refractivity contribution in [1.29, 1.82) is 0 Å². The predicted octanol–water partition coefficient (Wildman–Crippen LogP) is -0.203. The second kappa shape index (κ2) is 7.41. The first-order valence-electron chi connectivity index (χ1n) is 6.99. The maximum atomic E-state index is 12.1. The molecule has 0 saturated carbocycles. The number of aromatic hydroxyl groups is 1. The number of carboxylic acid groups (broad SMARTS) is 1. The number of carbonyl (C=O) groups is 2. The number of phenolic OH excluding ortho intramolecular Hbond substituents is 1. The number of benzene rings is 1. The molecule has 2 aromatic rings. The van der Waals surface area contributed by atoms with Crippen molar-refractivity contribution in [2.45, 2.75) is 24.9 Å². The fourth-order valence-corrected chi connectivity index (χ4v) is 2.07. The molecule has 2 rings (SSSR count).